The number of fused-ring (bicyclic) bond motifs is 1. The Balaban J connectivity index is 2.50. The van der Waals surface area contributed by atoms with Crippen molar-refractivity contribution >= 4 is 16.9 Å². The van der Waals surface area contributed by atoms with Gasteiger partial charge in [0.2, 0.25) is 5.75 Å². The average molecular weight is 512 g/mol. The molecule has 0 radical (unpaired) electrons. The standard InChI is InChI=1S/C31H45NO5/c1-7-9-11-12-19-32-28-22-26(35-20-10-8-2)16-17-27(28)29(30(31(32)34)37-25(6)33)36-21-18-24(5)15-13-14-23(3)4/h14,16-18,22H,7-13,15,19-21H2,1-6H3/b24-18+. The number of nitrogens with zero attached hydrogens (tertiary/aromatic N) is 1. The summed E-state index contributed by atoms with van der Waals surface area (Å²) in [4.78, 5) is 25.6. The van der Waals surface area contributed by atoms with Crippen LogP contribution in [0.15, 0.2) is 46.3 Å². The highest BCUT2D eigenvalue weighted by atomic mass is 16.6. The van der Waals surface area contributed by atoms with Gasteiger partial charge in [0.15, 0.2) is 5.75 Å². The summed E-state index contributed by atoms with van der Waals surface area (Å²) in [5.74, 6) is 0.412. The maximum Gasteiger partial charge on any atom is 0.308 e. The number of benzene rings is 1. The number of carbonyl (C=O) groups excluding carboxylic acids is 1. The molecule has 0 spiro atoms. The van der Waals surface area contributed by atoms with Crippen molar-refractivity contribution in [3.05, 3.63) is 51.9 Å². The molecule has 0 aliphatic rings. The Hall–Kier alpha value is -3.02. The van der Waals surface area contributed by atoms with E-state index in [-0.39, 0.29) is 17.9 Å². The van der Waals surface area contributed by atoms with Crippen LogP contribution >= 0.6 is 0 Å². The molecule has 0 atom stereocenters. The van der Waals surface area contributed by atoms with Crippen molar-refractivity contribution in [1.29, 1.82) is 0 Å². The fraction of sp³-hybridized carbons (Fsp3) is 0.548. The van der Waals surface area contributed by atoms with Crippen molar-refractivity contribution in [2.75, 3.05) is 13.2 Å². The van der Waals surface area contributed by atoms with Crippen LogP contribution in [0.5, 0.6) is 17.2 Å². The van der Waals surface area contributed by atoms with Gasteiger partial charge in [-0.2, -0.15) is 0 Å². The van der Waals surface area contributed by atoms with Crippen molar-refractivity contribution in [3.63, 3.8) is 0 Å². The molecule has 0 fully saturated rings. The smallest absolute Gasteiger partial charge is 0.308 e. The third-order valence-corrected chi connectivity index (χ3v) is 6.15. The summed E-state index contributed by atoms with van der Waals surface area (Å²) in [5, 5.41) is 0.727. The van der Waals surface area contributed by atoms with E-state index < -0.39 is 5.97 Å². The Kier molecular flexibility index (Phi) is 13.0. The summed E-state index contributed by atoms with van der Waals surface area (Å²) in [5.41, 5.74) is 2.87. The first-order chi connectivity index (χ1) is 17.8. The van der Waals surface area contributed by atoms with E-state index in [0.717, 1.165) is 62.3 Å². The quantitative estimate of drug-likeness (QED) is 0.131. The maximum atomic E-state index is 13.6. The molecule has 6 heteroatoms. The topological polar surface area (TPSA) is 66.8 Å². The van der Waals surface area contributed by atoms with Crippen LogP contribution in [-0.4, -0.2) is 23.8 Å². The molecule has 37 heavy (non-hydrogen) atoms. The minimum absolute atomic E-state index is 0.0502. The summed E-state index contributed by atoms with van der Waals surface area (Å²) in [6, 6.07) is 5.68. The second kappa shape index (κ2) is 16.0. The van der Waals surface area contributed by atoms with E-state index in [2.05, 4.69) is 40.7 Å². The summed E-state index contributed by atoms with van der Waals surface area (Å²) in [7, 11) is 0. The lowest BCUT2D eigenvalue weighted by molar-refractivity contribution is -0.132. The predicted molar refractivity (Wildman–Crippen MR) is 152 cm³/mol. The first-order valence-electron chi connectivity index (χ1n) is 13.7. The Bertz CT molecular complexity index is 1140. The minimum Gasteiger partial charge on any atom is -0.494 e. The Morgan fingerprint density at radius 2 is 1.68 bits per heavy atom. The molecule has 0 saturated heterocycles. The largest absolute Gasteiger partial charge is 0.494 e. The maximum absolute atomic E-state index is 13.6. The molecule has 2 rings (SSSR count). The molecule has 2 aromatic rings. The van der Waals surface area contributed by atoms with Crippen LogP contribution in [0, 0.1) is 0 Å². The lowest BCUT2D eigenvalue weighted by atomic mass is 10.1. The molecule has 0 unspecified atom stereocenters. The third-order valence-electron chi connectivity index (χ3n) is 6.15. The molecular weight excluding hydrogens is 466 g/mol. The van der Waals surface area contributed by atoms with Crippen molar-refractivity contribution in [3.8, 4) is 17.2 Å². The molecule has 1 heterocycles. The molecule has 6 nitrogen and oxygen atoms in total. The molecule has 0 amide bonds. The number of hydrogen-bond donors (Lipinski definition) is 0. The Morgan fingerprint density at radius 1 is 0.919 bits per heavy atom. The van der Waals surface area contributed by atoms with Crippen LogP contribution in [0.2, 0.25) is 0 Å². The summed E-state index contributed by atoms with van der Waals surface area (Å²) in [6.45, 7) is 13.3. The zero-order chi connectivity index (χ0) is 27.2. The summed E-state index contributed by atoms with van der Waals surface area (Å²) in [6.07, 6.45) is 12.2. The van der Waals surface area contributed by atoms with Crippen LogP contribution in [0.3, 0.4) is 0 Å². The number of aromatic nitrogens is 1. The molecule has 0 aliphatic carbocycles. The van der Waals surface area contributed by atoms with Crippen molar-refractivity contribution in [2.45, 2.75) is 99.5 Å². The first kappa shape index (κ1) is 30.2. The monoisotopic (exact) mass is 511 g/mol. The van der Waals surface area contributed by atoms with Gasteiger partial charge in [-0.3, -0.25) is 9.59 Å². The number of esters is 1. The Labute approximate surface area is 222 Å². The molecular formula is C31H45NO5. The summed E-state index contributed by atoms with van der Waals surface area (Å²) >= 11 is 0. The van der Waals surface area contributed by atoms with Crippen molar-refractivity contribution < 1.29 is 19.0 Å². The van der Waals surface area contributed by atoms with Gasteiger partial charge in [0.1, 0.15) is 12.4 Å². The second-order valence-electron chi connectivity index (χ2n) is 9.83. The van der Waals surface area contributed by atoms with E-state index >= 15 is 0 Å². The summed E-state index contributed by atoms with van der Waals surface area (Å²) < 4.78 is 19.2. The highest BCUT2D eigenvalue weighted by molar-refractivity contribution is 5.90. The van der Waals surface area contributed by atoms with E-state index in [1.807, 2.05) is 24.3 Å². The molecule has 1 aromatic carbocycles. The van der Waals surface area contributed by atoms with Gasteiger partial charge in [-0.25, -0.2) is 0 Å². The predicted octanol–water partition coefficient (Wildman–Crippen LogP) is 7.76. The number of rotatable bonds is 16. The number of ether oxygens (including phenoxy) is 3. The van der Waals surface area contributed by atoms with Gasteiger partial charge in [0.05, 0.1) is 12.1 Å². The van der Waals surface area contributed by atoms with Crippen molar-refractivity contribution in [2.24, 2.45) is 0 Å². The third kappa shape index (κ3) is 9.75. The fourth-order valence-corrected chi connectivity index (χ4v) is 4.06. The van der Waals surface area contributed by atoms with Gasteiger partial charge >= 0.3 is 5.97 Å². The van der Waals surface area contributed by atoms with Gasteiger partial charge < -0.3 is 18.8 Å². The van der Waals surface area contributed by atoms with Gasteiger partial charge in [-0.05, 0) is 64.7 Å². The van der Waals surface area contributed by atoms with E-state index in [1.54, 1.807) is 4.57 Å². The molecule has 0 aliphatic heterocycles. The van der Waals surface area contributed by atoms with Gasteiger partial charge in [-0.1, -0.05) is 56.8 Å². The number of allylic oxidation sites excluding steroid dienone is 3. The SMILES string of the molecule is CCCCCCn1c(=O)c(OC(C)=O)c(OC/C=C(\C)CCC=C(C)C)c2ccc(OCCCC)cc21. The van der Waals surface area contributed by atoms with Crippen LogP contribution in [0.4, 0.5) is 0 Å². The van der Waals surface area contributed by atoms with Crippen LogP contribution < -0.4 is 19.8 Å². The van der Waals surface area contributed by atoms with Gasteiger partial charge in [0, 0.05) is 24.9 Å². The van der Waals surface area contributed by atoms with E-state index in [9.17, 15) is 9.59 Å². The zero-order valence-electron chi connectivity index (χ0n) is 23.7. The Morgan fingerprint density at radius 3 is 2.35 bits per heavy atom. The van der Waals surface area contributed by atoms with E-state index in [1.165, 1.54) is 18.1 Å². The lowest BCUT2D eigenvalue weighted by Crippen LogP contribution is -2.25. The van der Waals surface area contributed by atoms with Crippen LogP contribution in [0.25, 0.3) is 10.9 Å². The number of aryl methyl sites for hydroxylation is 1. The molecule has 0 saturated carbocycles. The molecule has 0 N–H and O–H groups in total. The van der Waals surface area contributed by atoms with Gasteiger partial charge in [-0.15, -0.1) is 0 Å². The lowest BCUT2D eigenvalue weighted by Gasteiger charge is -2.18. The number of carbonyl (C=O) groups is 1. The number of hydrogen-bond acceptors (Lipinski definition) is 5. The molecule has 0 bridgehead atoms. The molecule has 204 valence electrons. The first-order valence-corrected chi connectivity index (χ1v) is 13.7. The van der Waals surface area contributed by atoms with Gasteiger partial charge in [0.25, 0.3) is 5.56 Å². The second-order valence-corrected chi connectivity index (χ2v) is 9.83. The number of unbranched alkanes of at least 4 members (excludes halogenated alkanes) is 4. The van der Waals surface area contributed by atoms with Crippen LogP contribution in [-0.2, 0) is 11.3 Å². The average Bonchev–Trinajstić information content (AvgIpc) is 2.85. The normalized spacial score (nSPS) is 11.5. The zero-order valence-corrected chi connectivity index (χ0v) is 23.7. The van der Waals surface area contributed by atoms with Crippen molar-refractivity contribution in [1.82, 2.24) is 4.57 Å². The fourth-order valence-electron chi connectivity index (χ4n) is 4.06. The minimum atomic E-state index is -0.549. The number of pyridine rings is 1. The highest BCUT2D eigenvalue weighted by Crippen LogP contribution is 2.35. The van der Waals surface area contributed by atoms with E-state index in [4.69, 9.17) is 14.2 Å². The highest BCUT2D eigenvalue weighted by Gasteiger charge is 2.21. The molecule has 1 aromatic heterocycles. The van der Waals surface area contributed by atoms with E-state index in [0.29, 0.717) is 24.7 Å². The van der Waals surface area contributed by atoms with Crippen LogP contribution in [0.1, 0.15) is 92.9 Å².